The highest BCUT2D eigenvalue weighted by Gasteiger charge is 2.20. The molecule has 4 nitrogen and oxygen atoms in total. The molecule has 1 atom stereocenters. The average Bonchev–Trinajstić information content (AvgIpc) is 2.99. The van der Waals surface area contributed by atoms with Crippen LogP contribution in [0.1, 0.15) is 25.3 Å². The smallest absolute Gasteiger partial charge is 0.204 e. The van der Waals surface area contributed by atoms with Crippen molar-refractivity contribution in [1.82, 2.24) is 19.2 Å². The van der Waals surface area contributed by atoms with Gasteiger partial charge in [-0.15, -0.1) is 5.10 Å². The molecule has 146 valence electrons. The molecular formula is C22H25ClN4S. The molecule has 4 rings (SSSR count). The lowest BCUT2D eigenvalue weighted by molar-refractivity contribution is 0.138. The number of piperidine rings is 1. The molecule has 1 aromatic heterocycles. The molecule has 2 heterocycles. The van der Waals surface area contributed by atoms with Gasteiger partial charge in [0.1, 0.15) is 0 Å². The van der Waals surface area contributed by atoms with Crippen LogP contribution in [0.15, 0.2) is 48.5 Å². The van der Waals surface area contributed by atoms with Crippen molar-refractivity contribution in [3.63, 3.8) is 0 Å². The van der Waals surface area contributed by atoms with Crippen molar-refractivity contribution in [2.75, 3.05) is 13.1 Å². The van der Waals surface area contributed by atoms with E-state index in [1.165, 1.54) is 18.4 Å². The first kappa shape index (κ1) is 19.4. The number of para-hydroxylation sites is 1. The third-order valence-electron chi connectivity index (χ3n) is 5.37. The number of hydrogen-bond acceptors (Lipinski definition) is 3. The van der Waals surface area contributed by atoms with Crippen molar-refractivity contribution in [3.05, 3.63) is 63.9 Å². The maximum atomic E-state index is 6.10. The number of likely N-dealkylation sites (tertiary alicyclic amines) is 1. The molecule has 0 unspecified atom stereocenters. The third-order valence-corrected chi connectivity index (χ3v) is 6.02. The van der Waals surface area contributed by atoms with Gasteiger partial charge in [-0.3, -0.25) is 9.47 Å². The van der Waals surface area contributed by atoms with Crippen LogP contribution in [-0.4, -0.2) is 32.3 Å². The maximum absolute atomic E-state index is 6.10. The summed E-state index contributed by atoms with van der Waals surface area (Å²) in [4.78, 5) is 2.45. The van der Waals surface area contributed by atoms with Crippen LogP contribution in [0.4, 0.5) is 0 Å². The van der Waals surface area contributed by atoms with Gasteiger partial charge < -0.3 is 0 Å². The second-order valence-electron chi connectivity index (χ2n) is 7.70. The average molecular weight is 413 g/mol. The van der Waals surface area contributed by atoms with Crippen LogP contribution < -0.4 is 0 Å². The Morgan fingerprint density at radius 1 is 1.14 bits per heavy atom. The molecule has 1 fully saturated rings. The zero-order valence-corrected chi connectivity index (χ0v) is 17.9. The molecule has 0 saturated carbocycles. The van der Waals surface area contributed by atoms with Crippen LogP contribution in [-0.2, 0) is 6.67 Å². The third kappa shape index (κ3) is 3.93. The molecule has 0 spiro atoms. The van der Waals surface area contributed by atoms with Gasteiger partial charge in [0.15, 0.2) is 5.82 Å². The SMILES string of the molecule is Cc1ccccc1-n1c(-c2ccc(Cl)cc2)nn(CN2CCC[C@@H](C)C2)c1=S. The summed E-state index contributed by atoms with van der Waals surface area (Å²) in [5, 5.41) is 5.65. The van der Waals surface area contributed by atoms with Crippen LogP contribution in [0.2, 0.25) is 5.02 Å². The molecule has 0 bridgehead atoms. The Kier molecular flexibility index (Phi) is 5.67. The van der Waals surface area contributed by atoms with Gasteiger partial charge in [-0.2, -0.15) is 0 Å². The number of aryl methyl sites for hydroxylation is 1. The molecule has 28 heavy (non-hydrogen) atoms. The molecule has 3 aromatic rings. The molecule has 1 aliphatic heterocycles. The Bertz CT molecular complexity index is 1020. The van der Waals surface area contributed by atoms with Crippen molar-refractivity contribution < 1.29 is 0 Å². The number of aromatic nitrogens is 3. The summed E-state index contributed by atoms with van der Waals surface area (Å²) in [6.07, 6.45) is 2.53. The number of nitrogens with zero attached hydrogens (tertiary/aromatic N) is 4. The summed E-state index contributed by atoms with van der Waals surface area (Å²) >= 11 is 12.0. The normalized spacial score (nSPS) is 17.8. The highest BCUT2D eigenvalue weighted by Crippen LogP contribution is 2.26. The van der Waals surface area contributed by atoms with Gasteiger partial charge >= 0.3 is 0 Å². The van der Waals surface area contributed by atoms with E-state index < -0.39 is 0 Å². The number of benzene rings is 2. The summed E-state index contributed by atoms with van der Waals surface area (Å²) < 4.78 is 4.77. The molecule has 0 radical (unpaired) electrons. The van der Waals surface area contributed by atoms with Crippen molar-refractivity contribution in [3.8, 4) is 17.1 Å². The molecule has 0 N–H and O–H groups in total. The van der Waals surface area contributed by atoms with Crippen molar-refractivity contribution in [1.29, 1.82) is 0 Å². The number of hydrogen-bond donors (Lipinski definition) is 0. The van der Waals surface area contributed by atoms with Gasteiger partial charge in [0.2, 0.25) is 4.77 Å². The zero-order chi connectivity index (χ0) is 19.7. The van der Waals surface area contributed by atoms with Crippen LogP contribution in [0.5, 0.6) is 0 Å². The lowest BCUT2D eigenvalue weighted by Gasteiger charge is -2.30. The molecule has 1 saturated heterocycles. The van der Waals surface area contributed by atoms with Crippen molar-refractivity contribution in [2.24, 2.45) is 5.92 Å². The van der Waals surface area contributed by atoms with Crippen LogP contribution >= 0.6 is 23.8 Å². The Hall–Kier alpha value is -1.95. The van der Waals surface area contributed by atoms with E-state index in [1.54, 1.807) is 0 Å². The minimum atomic E-state index is 0.714. The van der Waals surface area contributed by atoms with E-state index in [9.17, 15) is 0 Å². The maximum Gasteiger partial charge on any atom is 0.204 e. The fourth-order valence-corrected chi connectivity index (χ4v) is 4.33. The van der Waals surface area contributed by atoms with Gasteiger partial charge in [-0.05, 0) is 80.3 Å². The van der Waals surface area contributed by atoms with Crippen molar-refractivity contribution in [2.45, 2.75) is 33.4 Å². The summed E-state index contributed by atoms with van der Waals surface area (Å²) in [6, 6.07) is 16.1. The first-order chi connectivity index (χ1) is 13.5. The van der Waals surface area contributed by atoms with Gasteiger partial charge in [0, 0.05) is 17.1 Å². The summed E-state index contributed by atoms with van der Waals surface area (Å²) in [5.74, 6) is 1.57. The lowest BCUT2D eigenvalue weighted by atomic mass is 10.0. The van der Waals surface area contributed by atoms with E-state index >= 15 is 0 Å². The van der Waals surface area contributed by atoms with Crippen LogP contribution in [0, 0.1) is 17.6 Å². The standard InChI is InChI=1S/C22H25ClN4S/c1-16-6-5-13-25(14-16)15-26-22(28)27(20-8-4-3-7-17(20)2)21(24-26)18-9-11-19(23)12-10-18/h3-4,7-12,16H,5-6,13-15H2,1-2H3/t16-/m1/s1. The Balaban J connectivity index is 1.81. The van der Waals surface area contributed by atoms with E-state index in [-0.39, 0.29) is 0 Å². The quantitative estimate of drug-likeness (QED) is 0.512. The van der Waals surface area contributed by atoms with Crippen LogP contribution in [0.25, 0.3) is 17.1 Å². The predicted octanol–water partition coefficient (Wildman–Crippen LogP) is 5.72. The second-order valence-corrected chi connectivity index (χ2v) is 8.50. The minimum Gasteiger partial charge on any atom is -0.284 e. The van der Waals surface area contributed by atoms with E-state index in [0.717, 1.165) is 47.5 Å². The predicted molar refractivity (Wildman–Crippen MR) is 118 cm³/mol. The van der Waals surface area contributed by atoms with Gasteiger partial charge in [-0.25, -0.2) is 4.68 Å². The molecule has 1 aliphatic rings. The van der Waals surface area contributed by atoms with Gasteiger partial charge in [-0.1, -0.05) is 36.7 Å². The summed E-state index contributed by atoms with van der Waals surface area (Å²) in [6.45, 7) is 7.33. The fraction of sp³-hybridized carbons (Fsp3) is 0.364. The van der Waals surface area contributed by atoms with E-state index in [1.807, 2.05) is 41.1 Å². The lowest BCUT2D eigenvalue weighted by Crippen LogP contribution is -2.36. The Labute approximate surface area is 176 Å². The van der Waals surface area contributed by atoms with Crippen molar-refractivity contribution >= 4 is 23.8 Å². The Morgan fingerprint density at radius 3 is 2.61 bits per heavy atom. The molecular weight excluding hydrogens is 388 g/mol. The van der Waals surface area contributed by atoms with E-state index in [0.29, 0.717) is 5.02 Å². The molecule has 0 amide bonds. The topological polar surface area (TPSA) is 26.0 Å². The zero-order valence-electron chi connectivity index (χ0n) is 16.3. The largest absolute Gasteiger partial charge is 0.284 e. The number of halogens is 1. The van der Waals surface area contributed by atoms with E-state index in [2.05, 4.69) is 35.4 Å². The van der Waals surface area contributed by atoms with Crippen LogP contribution in [0.3, 0.4) is 0 Å². The highest BCUT2D eigenvalue weighted by molar-refractivity contribution is 7.71. The number of rotatable bonds is 4. The van der Waals surface area contributed by atoms with E-state index in [4.69, 9.17) is 28.9 Å². The van der Waals surface area contributed by atoms with Gasteiger partial charge in [0.05, 0.1) is 12.4 Å². The molecule has 6 heteroatoms. The van der Waals surface area contributed by atoms with Gasteiger partial charge in [0.25, 0.3) is 0 Å². The molecule has 2 aromatic carbocycles. The fourth-order valence-electron chi connectivity index (χ4n) is 3.92. The monoisotopic (exact) mass is 412 g/mol. The summed E-state index contributed by atoms with van der Waals surface area (Å²) in [5.41, 5.74) is 3.24. The second kappa shape index (κ2) is 8.19. The summed E-state index contributed by atoms with van der Waals surface area (Å²) in [7, 11) is 0. The minimum absolute atomic E-state index is 0.714. The molecule has 0 aliphatic carbocycles. The highest BCUT2D eigenvalue weighted by atomic mass is 35.5. The first-order valence-electron chi connectivity index (χ1n) is 9.77. The first-order valence-corrected chi connectivity index (χ1v) is 10.6. The Morgan fingerprint density at radius 2 is 1.89 bits per heavy atom.